The number of carbonyl (C=O) groups is 4. The van der Waals surface area contributed by atoms with Crippen LogP contribution in [0.4, 0.5) is 5.69 Å². The molecule has 1 saturated carbocycles. The molecule has 7 nitrogen and oxygen atoms in total. The Kier molecular flexibility index (Phi) is 6.24. The summed E-state index contributed by atoms with van der Waals surface area (Å²) in [5, 5.41) is 2.70. The molecule has 2 bridgehead atoms. The third-order valence-electron chi connectivity index (χ3n) is 7.35. The van der Waals surface area contributed by atoms with Crippen LogP contribution < -0.4 is 5.32 Å². The first-order chi connectivity index (χ1) is 17.0. The average molecular weight is 473 g/mol. The molecule has 5 atom stereocenters. The van der Waals surface area contributed by atoms with Gasteiger partial charge in [0.1, 0.15) is 6.04 Å². The lowest BCUT2D eigenvalue weighted by Crippen LogP contribution is -2.48. The van der Waals surface area contributed by atoms with Crippen molar-refractivity contribution < 1.29 is 23.9 Å². The first-order valence-corrected chi connectivity index (χ1v) is 12.1. The number of esters is 1. The first-order valence-electron chi connectivity index (χ1n) is 12.1. The van der Waals surface area contributed by atoms with E-state index in [9.17, 15) is 19.2 Å². The van der Waals surface area contributed by atoms with Crippen LogP contribution in [-0.2, 0) is 36.8 Å². The minimum Gasteiger partial charge on any atom is -0.454 e. The Morgan fingerprint density at radius 3 is 2.17 bits per heavy atom. The van der Waals surface area contributed by atoms with E-state index in [-0.39, 0.29) is 30.1 Å². The molecule has 7 heteroatoms. The van der Waals surface area contributed by atoms with Crippen molar-refractivity contribution in [3.05, 3.63) is 77.9 Å². The summed E-state index contributed by atoms with van der Waals surface area (Å²) in [6.07, 6.45) is 5.87. The van der Waals surface area contributed by atoms with Crippen LogP contribution in [0.3, 0.4) is 0 Å². The molecule has 0 aromatic heterocycles. The third kappa shape index (κ3) is 4.38. The summed E-state index contributed by atoms with van der Waals surface area (Å²) in [4.78, 5) is 53.4. The highest BCUT2D eigenvalue weighted by Gasteiger charge is 2.61. The molecular weight excluding hydrogens is 444 g/mol. The topological polar surface area (TPSA) is 92.8 Å². The van der Waals surface area contributed by atoms with Crippen LogP contribution in [0.2, 0.25) is 0 Å². The van der Waals surface area contributed by atoms with Crippen LogP contribution in [0.15, 0.2) is 66.7 Å². The molecule has 3 amide bonds. The zero-order valence-electron chi connectivity index (χ0n) is 19.6. The maximum Gasteiger partial charge on any atom is 0.330 e. The molecule has 5 rings (SSSR count). The van der Waals surface area contributed by atoms with Gasteiger partial charge in [-0.15, -0.1) is 0 Å². The highest BCUT2D eigenvalue weighted by atomic mass is 16.5. The Morgan fingerprint density at radius 2 is 1.57 bits per heavy atom. The van der Waals surface area contributed by atoms with E-state index in [0.717, 1.165) is 28.9 Å². The number of hydrogen-bond acceptors (Lipinski definition) is 5. The molecule has 1 N–H and O–H groups in total. The molecule has 180 valence electrons. The van der Waals surface area contributed by atoms with Gasteiger partial charge < -0.3 is 10.1 Å². The fourth-order valence-electron chi connectivity index (χ4n) is 5.60. The number of hydrogen-bond donors (Lipinski definition) is 1. The van der Waals surface area contributed by atoms with Crippen LogP contribution in [0.1, 0.15) is 24.5 Å². The number of benzene rings is 2. The molecule has 2 fully saturated rings. The van der Waals surface area contributed by atoms with E-state index in [4.69, 9.17) is 4.74 Å². The Bertz CT molecular complexity index is 1140. The number of rotatable bonds is 8. The summed E-state index contributed by atoms with van der Waals surface area (Å²) in [6.45, 7) is 1.54. The third-order valence-corrected chi connectivity index (χ3v) is 7.35. The number of likely N-dealkylation sites (tertiary alicyclic amines) is 1. The largest absolute Gasteiger partial charge is 0.454 e. The summed E-state index contributed by atoms with van der Waals surface area (Å²) in [5.74, 6) is -2.58. The van der Waals surface area contributed by atoms with Gasteiger partial charge in [0.15, 0.2) is 6.61 Å². The molecular formula is C28H28N2O5. The predicted octanol–water partition coefficient (Wildman–Crippen LogP) is 3.15. The Labute approximate surface area is 204 Å². The molecule has 0 spiro atoms. The number of nitrogens with zero attached hydrogens (tertiary/aromatic N) is 1. The van der Waals surface area contributed by atoms with Crippen molar-refractivity contribution in [1.82, 2.24) is 4.90 Å². The molecule has 1 aliphatic heterocycles. The Morgan fingerprint density at radius 1 is 0.943 bits per heavy atom. The molecule has 0 radical (unpaired) electrons. The van der Waals surface area contributed by atoms with Crippen molar-refractivity contribution in [3.63, 3.8) is 0 Å². The fraction of sp³-hybridized carbons (Fsp3) is 0.357. The summed E-state index contributed by atoms with van der Waals surface area (Å²) >= 11 is 0. The highest BCUT2D eigenvalue weighted by Crippen LogP contribution is 2.53. The van der Waals surface area contributed by atoms with Crippen LogP contribution in [-0.4, -0.2) is 41.2 Å². The van der Waals surface area contributed by atoms with Gasteiger partial charge in [0.2, 0.25) is 11.8 Å². The second kappa shape index (κ2) is 9.49. The zero-order valence-corrected chi connectivity index (χ0v) is 19.6. The van der Waals surface area contributed by atoms with E-state index < -0.39 is 36.4 Å². The first kappa shape index (κ1) is 23.0. The normalized spacial score (nSPS) is 25.0. The Hall–Kier alpha value is -3.74. The number of imide groups is 1. The summed E-state index contributed by atoms with van der Waals surface area (Å²) < 4.78 is 5.34. The molecule has 35 heavy (non-hydrogen) atoms. The van der Waals surface area contributed by atoms with E-state index >= 15 is 0 Å². The lowest BCUT2D eigenvalue weighted by atomic mass is 9.85. The van der Waals surface area contributed by atoms with Gasteiger partial charge in [0, 0.05) is 12.1 Å². The SMILES string of the molecule is CCc1ccc(NC(=O)COC(=O)[C@H](Cc2ccccc2)N2C(=O)[C@H]3[C@H](C2=O)[C@H]2C=C[C@H]3C2)cc1. The maximum atomic E-state index is 13.3. The van der Waals surface area contributed by atoms with Gasteiger partial charge in [-0.1, -0.05) is 61.5 Å². The van der Waals surface area contributed by atoms with Gasteiger partial charge in [-0.2, -0.15) is 0 Å². The second-order valence-corrected chi connectivity index (χ2v) is 9.46. The van der Waals surface area contributed by atoms with Gasteiger partial charge in [-0.05, 0) is 47.9 Å². The number of fused-ring (bicyclic) bond motifs is 5. The molecule has 1 saturated heterocycles. The number of amides is 3. The van der Waals surface area contributed by atoms with E-state index in [1.165, 1.54) is 0 Å². The van der Waals surface area contributed by atoms with E-state index in [1.54, 1.807) is 12.1 Å². The predicted molar refractivity (Wildman–Crippen MR) is 129 cm³/mol. The smallest absolute Gasteiger partial charge is 0.330 e. The van der Waals surface area contributed by atoms with Crippen molar-refractivity contribution in [1.29, 1.82) is 0 Å². The number of allylic oxidation sites excluding steroid dienone is 2. The van der Waals surface area contributed by atoms with Crippen LogP contribution >= 0.6 is 0 Å². The van der Waals surface area contributed by atoms with Crippen LogP contribution in [0.25, 0.3) is 0 Å². The standard InChI is InChI=1S/C28H28N2O5/c1-2-17-8-12-21(13-9-17)29-23(31)16-35-28(34)22(14-18-6-4-3-5-7-18)30-26(32)24-19-10-11-20(15-19)25(24)27(30)33/h3-13,19-20,22,24-25H,2,14-16H2,1H3,(H,29,31)/t19-,20-,22-,24+,25+/m0/s1. The van der Waals surface area contributed by atoms with E-state index in [0.29, 0.717) is 5.69 Å². The van der Waals surface area contributed by atoms with Gasteiger partial charge in [0.25, 0.3) is 5.91 Å². The van der Waals surface area contributed by atoms with Gasteiger partial charge in [-0.3, -0.25) is 19.3 Å². The number of nitrogens with one attached hydrogen (secondary N) is 1. The zero-order chi connectivity index (χ0) is 24.5. The van der Waals surface area contributed by atoms with E-state index in [1.807, 2.05) is 61.5 Å². The van der Waals surface area contributed by atoms with Crippen molar-refractivity contribution in [2.75, 3.05) is 11.9 Å². The van der Waals surface area contributed by atoms with Crippen molar-refractivity contribution in [3.8, 4) is 0 Å². The highest BCUT2D eigenvalue weighted by molar-refractivity contribution is 6.09. The minimum absolute atomic E-state index is 0.0460. The molecule has 2 aliphatic carbocycles. The van der Waals surface area contributed by atoms with Gasteiger partial charge >= 0.3 is 5.97 Å². The lowest BCUT2D eigenvalue weighted by molar-refractivity contribution is -0.160. The maximum absolute atomic E-state index is 13.3. The summed E-state index contributed by atoms with van der Waals surface area (Å²) in [7, 11) is 0. The summed E-state index contributed by atoms with van der Waals surface area (Å²) in [5.41, 5.74) is 2.55. The molecule has 2 aromatic rings. The van der Waals surface area contributed by atoms with Crippen molar-refractivity contribution in [2.24, 2.45) is 23.7 Å². The number of ether oxygens (including phenoxy) is 1. The quantitative estimate of drug-likeness (QED) is 0.362. The van der Waals surface area contributed by atoms with Gasteiger partial charge in [-0.25, -0.2) is 4.79 Å². The van der Waals surface area contributed by atoms with E-state index in [2.05, 4.69) is 5.32 Å². The summed E-state index contributed by atoms with van der Waals surface area (Å²) in [6, 6.07) is 15.5. The fourth-order valence-corrected chi connectivity index (χ4v) is 5.60. The Balaban J connectivity index is 1.30. The number of carbonyl (C=O) groups excluding carboxylic acids is 4. The second-order valence-electron chi connectivity index (χ2n) is 9.46. The number of anilines is 1. The van der Waals surface area contributed by atoms with Crippen LogP contribution in [0, 0.1) is 23.7 Å². The molecule has 3 aliphatic rings. The average Bonchev–Trinajstić information content (AvgIpc) is 3.56. The minimum atomic E-state index is -1.11. The monoisotopic (exact) mass is 472 g/mol. The molecule has 2 aromatic carbocycles. The van der Waals surface area contributed by atoms with Crippen molar-refractivity contribution in [2.45, 2.75) is 32.2 Å². The molecule has 1 heterocycles. The van der Waals surface area contributed by atoms with Crippen LogP contribution in [0.5, 0.6) is 0 Å². The lowest BCUT2D eigenvalue weighted by Gasteiger charge is -2.26. The molecule has 0 unspecified atom stereocenters. The van der Waals surface area contributed by atoms with Crippen molar-refractivity contribution >= 4 is 29.4 Å². The number of aryl methyl sites for hydroxylation is 1. The van der Waals surface area contributed by atoms with Gasteiger partial charge in [0.05, 0.1) is 11.8 Å².